The molecule has 0 unspecified atom stereocenters. The average Bonchev–Trinajstić information content (AvgIpc) is 2.95. The number of fused-ring (bicyclic) bond motifs is 1. The number of nitrogens with one attached hydrogen (secondary N) is 1. The monoisotopic (exact) mass is 323 g/mol. The maximum absolute atomic E-state index is 12.4. The van der Waals surface area contributed by atoms with E-state index in [1.165, 1.54) is 6.07 Å². The van der Waals surface area contributed by atoms with Gasteiger partial charge in [0.25, 0.3) is 10.0 Å². The van der Waals surface area contributed by atoms with E-state index in [0.717, 1.165) is 18.1 Å². The Morgan fingerprint density at radius 1 is 1.29 bits per heavy atom. The fraction of sp³-hybridized carbons (Fsp3) is 0.308. The fourth-order valence-corrected chi connectivity index (χ4v) is 4.11. The van der Waals surface area contributed by atoms with E-state index in [0.29, 0.717) is 23.9 Å². The Labute approximate surface area is 126 Å². The summed E-state index contributed by atoms with van der Waals surface area (Å²) in [5.41, 5.74) is 0.808. The topological polar surface area (TPSA) is 89.0 Å². The van der Waals surface area contributed by atoms with Gasteiger partial charge in [-0.3, -0.25) is 4.79 Å². The molecule has 1 heterocycles. The van der Waals surface area contributed by atoms with Crippen LogP contribution in [0, 0.1) is 5.92 Å². The van der Waals surface area contributed by atoms with Crippen LogP contribution in [0.1, 0.15) is 19.3 Å². The number of allylic oxidation sites excluding steroid dienone is 2. The first-order chi connectivity index (χ1) is 10.1. The van der Waals surface area contributed by atoms with E-state index in [1.54, 1.807) is 12.1 Å². The quantitative estimate of drug-likeness (QED) is 0.871. The summed E-state index contributed by atoms with van der Waals surface area (Å²) in [6, 6.07) is 4.71. The van der Waals surface area contributed by atoms with Gasteiger partial charge in [0.15, 0.2) is 0 Å². The summed E-state index contributed by atoms with van der Waals surface area (Å²) in [5, 5.41) is 0. The Bertz CT molecular complexity index is 811. The molecule has 1 amide bonds. The predicted molar refractivity (Wildman–Crippen MR) is 79.2 cm³/mol. The maximum Gasteiger partial charge on any atom is 0.266 e. The molecule has 110 valence electrons. The van der Waals surface area contributed by atoms with Gasteiger partial charge in [-0.2, -0.15) is 8.75 Å². The number of sulfonamides is 1. The zero-order chi connectivity index (χ0) is 14.9. The van der Waals surface area contributed by atoms with E-state index in [9.17, 15) is 13.2 Å². The van der Waals surface area contributed by atoms with Crippen molar-refractivity contribution in [2.75, 3.05) is 0 Å². The molecule has 1 aromatic carbocycles. The summed E-state index contributed by atoms with van der Waals surface area (Å²) in [6.45, 7) is 0. The Kier molecular flexibility index (Phi) is 3.73. The number of nitrogens with zero attached hydrogens (tertiary/aromatic N) is 2. The second kappa shape index (κ2) is 5.53. The molecule has 0 bridgehead atoms. The highest BCUT2D eigenvalue weighted by Crippen LogP contribution is 2.23. The van der Waals surface area contributed by atoms with Gasteiger partial charge in [0.1, 0.15) is 15.9 Å². The number of hydrogen-bond donors (Lipinski definition) is 1. The molecule has 1 atom stereocenters. The summed E-state index contributed by atoms with van der Waals surface area (Å²) < 4.78 is 34.9. The Morgan fingerprint density at radius 2 is 2.14 bits per heavy atom. The first-order valence-electron chi connectivity index (χ1n) is 6.51. The van der Waals surface area contributed by atoms with Gasteiger partial charge >= 0.3 is 0 Å². The molecular weight excluding hydrogens is 310 g/mol. The number of carbonyl (C=O) groups excluding carboxylic acids is 1. The first-order valence-corrected chi connectivity index (χ1v) is 8.72. The van der Waals surface area contributed by atoms with Crippen LogP contribution >= 0.6 is 11.7 Å². The maximum atomic E-state index is 12.4. The largest absolute Gasteiger partial charge is 0.274 e. The number of carbonyl (C=O) groups is 1. The summed E-state index contributed by atoms with van der Waals surface area (Å²) >= 11 is 0.944. The highest BCUT2D eigenvalue weighted by Gasteiger charge is 2.26. The second-order valence-electron chi connectivity index (χ2n) is 4.84. The van der Waals surface area contributed by atoms with Gasteiger partial charge in [0.05, 0.1) is 11.7 Å². The molecule has 0 saturated heterocycles. The van der Waals surface area contributed by atoms with Crippen LogP contribution in [0.25, 0.3) is 11.0 Å². The molecule has 3 rings (SSSR count). The summed E-state index contributed by atoms with van der Waals surface area (Å²) in [4.78, 5) is 12.1. The predicted octanol–water partition coefficient (Wildman–Crippen LogP) is 1.85. The van der Waals surface area contributed by atoms with Crippen molar-refractivity contribution in [1.29, 1.82) is 0 Å². The molecule has 2 aromatic rings. The normalized spacial score (nSPS) is 18.8. The molecule has 1 aromatic heterocycles. The number of rotatable bonds is 3. The van der Waals surface area contributed by atoms with Crippen LogP contribution in [0.5, 0.6) is 0 Å². The lowest BCUT2D eigenvalue weighted by molar-refractivity contribution is -0.123. The highest BCUT2D eigenvalue weighted by atomic mass is 32.2. The molecule has 8 heteroatoms. The number of aromatic nitrogens is 2. The standard InChI is InChI=1S/C13H13N3O3S2/c17-13(9-5-2-1-3-6-9)16-21(18,19)11-8-4-7-10-12(11)15-20-14-10/h1-2,4,7-9H,3,5-6H2,(H,16,17)/t9-/m1/s1. The van der Waals surface area contributed by atoms with Crippen LogP contribution in [-0.4, -0.2) is 23.1 Å². The molecule has 6 nitrogen and oxygen atoms in total. The highest BCUT2D eigenvalue weighted by molar-refractivity contribution is 7.90. The molecule has 1 aliphatic carbocycles. The van der Waals surface area contributed by atoms with Crippen molar-refractivity contribution < 1.29 is 13.2 Å². The number of hydrogen-bond acceptors (Lipinski definition) is 6. The zero-order valence-corrected chi connectivity index (χ0v) is 12.7. The van der Waals surface area contributed by atoms with Gasteiger partial charge in [0, 0.05) is 5.92 Å². The van der Waals surface area contributed by atoms with Crippen molar-refractivity contribution in [3.8, 4) is 0 Å². The van der Waals surface area contributed by atoms with Gasteiger partial charge in [-0.25, -0.2) is 13.1 Å². The third-order valence-electron chi connectivity index (χ3n) is 3.41. The van der Waals surface area contributed by atoms with E-state index >= 15 is 0 Å². The minimum atomic E-state index is -3.92. The second-order valence-corrected chi connectivity index (χ2v) is 7.02. The van der Waals surface area contributed by atoms with Crippen molar-refractivity contribution in [2.24, 2.45) is 5.92 Å². The average molecular weight is 323 g/mol. The Morgan fingerprint density at radius 3 is 2.90 bits per heavy atom. The van der Waals surface area contributed by atoms with Crippen LogP contribution in [0.4, 0.5) is 0 Å². The minimum Gasteiger partial charge on any atom is -0.274 e. The SMILES string of the molecule is O=C(NS(=O)(=O)c1cccc2nsnc12)[C@@H]1CC=CCC1. The third-order valence-corrected chi connectivity index (χ3v) is 5.33. The molecule has 1 N–H and O–H groups in total. The summed E-state index contributed by atoms with van der Waals surface area (Å²) in [7, 11) is -3.92. The molecule has 0 saturated carbocycles. The van der Waals surface area contributed by atoms with Crippen molar-refractivity contribution in [3.05, 3.63) is 30.4 Å². The van der Waals surface area contributed by atoms with Crippen LogP contribution < -0.4 is 4.72 Å². The number of amides is 1. The van der Waals surface area contributed by atoms with E-state index in [4.69, 9.17) is 0 Å². The molecule has 0 aliphatic heterocycles. The van der Waals surface area contributed by atoms with Crippen LogP contribution in [0.3, 0.4) is 0 Å². The van der Waals surface area contributed by atoms with Crippen molar-refractivity contribution in [2.45, 2.75) is 24.2 Å². The van der Waals surface area contributed by atoms with E-state index in [2.05, 4.69) is 13.5 Å². The van der Waals surface area contributed by atoms with Crippen molar-refractivity contribution in [3.63, 3.8) is 0 Å². The van der Waals surface area contributed by atoms with Gasteiger partial charge in [-0.05, 0) is 31.4 Å². The summed E-state index contributed by atoms with van der Waals surface area (Å²) in [5.74, 6) is -0.753. The van der Waals surface area contributed by atoms with Crippen LogP contribution in [0.15, 0.2) is 35.2 Å². The molecule has 1 aliphatic rings. The molecular formula is C13H13N3O3S2. The molecule has 0 spiro atoms. The lowest BCUT2D eigenvalue weighted by atomic mass is 9.94. The molecule has 0 fully saturated rings. The first kappa shape index (κ1) is 14.2. The smallest absolute Gasteiger partial charge is 0.266 e. The third kappa shape index (κ3) is 2.81. The lowest BCUT2D eigenvalue weighted by Gasteiger charge is -2.17. The fourth-order valence-electron chi connectivity index (χ4n) is 2.30. The minimum absolute atomic E-state index is 0.00606. The van der Waals surface area contributed by atoms with Crippen LogP contribution in [0.2, 0.25) is 0 Å². The molecule has 0 radical (unpaired) electrons. The van der Waals surface area contributed by atoms with E-state index < -0.39 is 15.9 Å². The van der Waals surface area contributed by atoms with Gasteiger partial charge < -0.3 is 0 Å². The van der Waals surface area contributed by atoms with Gasteiger partial charge in [-0.15, -0.1) is 0 Å². The summed E-state index contributed by atoms with van der Waals surface area (Å²) in [6.07, 6.45) is 5.94. The van der Waals surface area contributed by atoms with Crippen molar-refractivity contribution >= 4 is 38.7 Å². The van der Waals surface area contributed by atoms with E-state index in [1.807, 2.05) is 12.2 Å². The lowest BCUT2D eigenvalue weighted by Crippen LogP contribution is -2.36. The number of benzene rings is 1. The van der Waals surface area contributed by atoms with Gasteiger partial charge in [-0.1, -0.05) is 18.2 Å². The van der Waals surface area contributed by atoms with Crippen LogP contribution in [-0.2, 0) is 14.8 Å². The Hall–Kier alpha value is -1.80. The Balaban J connectivity index is 1.88. The zero-order valence-electron chi connectivity index (χ0n) is 11.0. The molecule has 21 heavy (non-hydrogen) atoms. The van der Waals surface area contributed by atoms with Crippen molar-refractivity contribution in [1.82, 2.24) is 13.5 Å². The van der Waals surface area contributed by atoms with Gasteiger partial charge in [0.2, 0.25) is 5.91 Å². The van der Waals surface area contributed by atoms with E-state index in [-0.39, 0.29) is 10.8 Å².